The maximum Gasteiger partial charge on any atom is 0.225 e. The van der Waals surface area contributed by atoms with Gasteiger partial charge in [-0.15, -0.1) is 0 Å². The first-order valence-electron chi connectivity index (χ1n) is 5.84. The Morgan fingerprint density at radius 1 is 1.47 bits per heavy atom. The van der Waals surface area contributed by atoms with Gasteiger partial charge >= 0.3 is 0 Å². The van der Waals surface area contributed by atoms with E-state index in [2.05, 4.69) is 24.1 Å². The second-order valence-corrected chi connectivity index (χ2v) is 4.50. The highest BCUT2D eigenvalue weighted by Gasteiger charge is 2.07. The van der Waals surface area contributed by atoms with Gasteiger partial charge in [0.15, 0.2) is 0 Å². The van der Waals surface area contributed by atoms with Crippen LogP contribution in [0.3, 0.4) is 0 Å². The molecule has 0 spiro atoms. The second kappa shape index (κ2) is 6.25. The van der Waals surface area contributed by atoms with Crippen molar-refractivity contribution in [1.82, 2.24) is 4.90 Å². The lowest BCUT2D eigenvalue weighted by atomic mass is 10.2. The topological polar surface area (TPSA) is 58.4 Å². The van der Waals surface area contributed by atoms with Gasteiger partial charge < -0.3 is 16.0 Å². The Kier molecular flexibility index (Phi) is 4.97. The smallest absolute Gasteiger partial charge is 0.225 e. The lowest BCUT2D eigenvalue weighted by Crippen LogP contribution is -2.29. The Balaban J connectivity index is 2.40. The third-order valence-electron chi connectivity index (χ3n) is 2.74. The van der Waals surface area contributed by atoms with E-state index in [0.717, 1.165) is 12.2 Å². The lowest BCUT2D eigenvalue weighted by Gasteiger charge is -2.20. The van der Waals surface area contributed by atoms with Crippen LogP contribution >= 0.6 is 0 Å². The van der Waals surface area contributed by atoms with Crippen LogP contribution in [-0.2, 0) is 4.79 Å². The highest BCUT2D eigenvalue weighted by molar-refractivity contribution is 5.91. The van der Waals surface area contributed by atoms with Crippen LogP contribution in [0.2, 0.25) is 0 Å². The Hall–Kier alpha value is -1.55. The second-order valence-electron chi connectivity index (χ2n) is 4.50. The summed E-state index contributed by atoms with van der Waals surface area (Å²) in [6, 6.07) is 7.66. The first-order valence-corrected chi connectivity index (χ1v) is 5.84. The number of nitrogens with two attached hydrogens (primary N) is 1. The molecule has 94 valence electrons. The first kappa shape index (κ1) is 13.5. The Morgan fingerprint density at radius 3 is 2.76 bits per heavy atom. The maximum atomic E-state index is 11.7. The number of rotatable bonds is 5. The van der Waals surface area contributed by atoms with E-state index >= 15 is 0 Å². The van der Waals surface area contributed by atoms with Crippen molar-refractivity contribution in [2.75, 3.05) is 24.6 Å². The van der Waals surface area contributed by atoms with E-state index in [1.807, 2.05) is 19.2 Å². The first-order chi connectivity index (χ1) is 7.99. The van der Waals surface area contributed by atoms with Gasteiger partial charge in [-0.05, 0) is 39.1 Å². The molecule has 0 heterocycles. The highest BCUT2D eigenvalue weighted by Crippen LogP contribution is 2.11. The molecule has 0 aliphatic heterocycles. The van der Waals surface area contributed by atoms with Gasteiger partial charge in [0, 0.05) is 30.4 Å². The van der Waals surface area contributed by atoms with Crippen molar-refractivity contribution in [3.8, 4) is 0 Å². The van der Waals surface area contributed by atoms with Crippen molar-refractivity contribution in [2.45, 2.75) is 26.3 Å². The molecule has 1 aromatic rings. The summed E-state index contributed by atoms with van der Waals surface area (Å²) < 4.78 is 0. The molecule has 0 bridgehead atoms. The van der Waals surface area contributed by atoms with Gasteiger partial charge in [0.05, 0.1) is 0 Å². The zero-order valence-electron chi connectivity index (χ0n) is 10.7. The molecular formula is C13H21N3O. The maximum absolute atomic E-state index is 11.7. The summed E-state index contributed by atoms with van der Waals surface area (Å²) in [5.41, 5.74) is 7.04. The molecule has 0 unspecified atom stereocenters. The predicted octanol–water partition coefficient (Wildman–Crippen LogP) is 1.94. The average molecular weight is 235 g/mol. The largest absolute Gasteiger partial charge is 0.399 e. The number of nitrogen functional groups attached to an aromatic ring is 1. The fraction of sp³-hybridized carbons (Fsp3) is 0.462. The minimum Gasteiger partial charge on any atom is -0.399 e. The van der Waals surface area contributed by atoms with Crippen LogP contribution in [0.1, 0.15) is 20.3 Å². The van der Waals surface area contributed by atoms with Crippen molar-refractivity contribution in [2.24, 2.45) is 0 Å². The van der Waals surface area contributed by atoms with Crippen molar-refractivity contribution in [3.63, 3.8) is 0 Å². The molecule has 17 heavy (non-hydrogen) atoms. The number of nitrogens with zero attached hydrogens (tertiary/aromatic N) is 1. The summed E-state index contributed by atoms with van der Waals surface area (Å²) in [4.78, 5) is 13.8. The van der Waals surface area contributed by atoms with Crippen LogP contribution < -0.4 is 11.1 Å². The van der Waals surface area contributed by atoms with E-state index in [0.29, 0.717) is 18.2 Å². The molecule has 0 aromatic heterocycles. The molecule has 0 fully saturated rings. The van der Waals surface area contributed by atoms with Crippen LogP contribution in [0.25, 0.3) is 0 Å². The summed E-state index contributed by atoms with van der Waals surface area (Å²) in [6.07, 6.45) is 0.490. The molecule has 0 aliphatic rings. The lowest BCUT2D eigenvalue weighted by molar-refractivity contribution is -0.116. The number of anilines is 2. The summed E-state index contributed by atoms with van der Waals surface area (Å²) in [6.45, 7) is 4.97. The van der Waals surface area contributed by atoms with E-state index in [-0.39, 0.29) is 5.91 Å². The fourth-order valence-electron chi connectivity index (χ4n) is 1.38. The molecule has 1 rings (SSSR count). The van der Waals surface area contributed by atoms with E-state index in [9.17, 15) is 4.79 Å². The van der Waals surface area contributed by atoms with Crippen LogP contribution in [0.4, 0.5) is 11.4 Å². The molecule has 0 radical (unpaired) electrons. The molecule has 1 amide bonds. The van der Waals surface area contributed by atoms with Gasteiger partial charge in [0.2, 0.25) is 5.91 Å². The van der Waals surface area contributed by atoms with Crippen molar-refractivity contribution in [3.05, 3.63) is 24.3 Å². The number of carbonyl (C=O) groups excluding carboxylic acids is 1. The molecule has 3 N–H and O–H groups in total. The summed E-state index contributed by atoms with van der Waals surface area (Å²) in [7, 11) is 2.01. The molecule has 4 nitrogen and oxygen atoms in total. The van der Waals surface area contributed by atoms with E-state index < -0.39 is 0 Å². The number of hydrogen-bond donors (Lipinski definition) is 2. The Bertz CT molecular complexity index is 377. The van der Waals surface area contributed by atoms with Crippen molar-refractivity contribution in [1.29, 1.82) is 0 Å². The van der Waals surface area contributed by atoms with E-state index in [1.54, 1.807) is 12.1 Å². The highest BCUT2D eigenvalue weighted by atomic mass is 16.1. The van der Waals surface area contributed by atoms with Gasteiger partial charge in [-0.2, -0.15) is 0 Å². The molecule has 0 atom stereocenters. The summed E-state index contributed by atoms with van der Waals surface area (Å²) >= 11 is 0. The molecule has 4 heteroatoms. The number of benzene rings is 1. The third-order valence-corrected chi connectivity index (χ3v) is 2.74. The molecular weight excluding hydrogens is 214 g/mol. The van der Waals surface area contributed by atoms with E-state index in [4.69, 9.17) is 5.73 Å². The van der Waals surface area contributed by atoms with Gasteiger partial charge in [-0.1, -0.05) is 6.07 Å². The van der Waals surface area contributed by atoms with Gasteiger partial charge in [-0.25, -0.2) is 0 Å². The fourth-order valence-corrected chi connectivity index (χ4v) is 1.38. The third kappa shape index (κ3) is 4.87. The summed E-state index contributed by atoms with van der Waals surface area (Å²) in [5, 5.41) is 2.83. The molecule has 1 aromatic carbocycles. The number of carbonyl (C=O) groups is 1. The number of nitrogens with one attached hydrogen (secondary N) is 1. The SMILES string of the molecule is CC(C)N(C)CCC(=O)Nc1cccc(N)c1. The Labute approximate surface area is 103 Å². The van der Waals surface area contributed by atoms with Crippen LogP contribution in [-0.4, -0.2) is 30.4 Å². The molecule has 0 aliphatic carbocycles. The molecule has 0 saturated carbocycles. The standard InChI is InChI=1S/C13H21N3O/c1-10(2)16(3)8-7-13(17)15-12-6-4-5-11(14)9-12/h4-6,9-10H,7-8,14H2,1-3H3,(H,15,17). The minimum atomic E-state index is 0.0168. The van der Waals surface area contributed by atoms with Crippen LogP contribution in [0.5, 0.6) is 0 Å². The van der Waals surface area contributed by atoms with E-state index in [1.165, 1.54) is 0 Å². The predicted molar refractivity (Wildman–Crippen MR) is 71.9 cm³/mol. The Morgan fingerprint density at radius 2 is 2.18 bits per heavy atom. The number of amides is 1. The van der Waals surface area contributed by atoms with Crippen LogP contribution in [0.15, 0.2) is 24.3 Å². The zero-order chi connectivity index (χ0) is 12.8. The minimum absolute atomic E-state index is 0.0168. The zero-order valence-corrected chi connectivity index (χ0v) is 10.7. The summed E-state index contributed by atoms with van der Waals surface area (Å²) in [5.74, 6) is 0.0168. The average Bonchev–Trinajstić information content (AvgIpc) is 2.25. The quantitative estimate of drug-likeness (QED) is 0.767. The van der Waals surface area contributed by atoms with Gasteiger partial charge in [0.25, 0.3) is 0 Å². The molecule has 0 saturated heterocycles. The number of hydrogen-bond acceptors (Lipinski definition) is 3. The normalized spacial score (nSPS) is 10.9. The van der Waals surface area contributed by atoms with Gasteiger partial charge in [-0.3, -0.25) is 4.79 Å². The van der Waals surface area contributed by atoms with Crippen molar-refractivity contribution < 1.29 is 4.79 Å². The van der Waals surface area contributed by atoms with Gasteiger partial charge in [0.1, 0.15) is 0 Å². The monoisotopic (exact) mass is 235 g/mol. The van der Waals surface area contributed by atoms with Crippen LogP contribution in [0, 0.1) is 0 Å². The van der Waals surface area contributed by atoms with Crippen molar-refractivity contribution >= 4 is 17.3 Å².